The zero-order valence-electron chi connectivity index (χ0n) is 17.3. The van der Waals surface area contributed by atoms with Gasteiger partial charge in [-0.3, -0.25) is 14.5 Å². The number of piperazine rings is 1. The van der Waals surface area contributed by atoms with E-state index in [2.05, 4.69) is 21.3 Å². The molecular weight excluding hydrogens is 428 g/mol. The summed E-state index contributed by atoms with van der Waals surface area (Å²) in [5, 5.41) is 4.02. The van der Waals surface area contributed by atoms with Crippen molar-refractivity contribution < 1.29 is 9.59 Å². The van der Waals surface area contributed by atoms with E-state index in [0.717, 1.165) is 34.9 Å². The van der Waals surface area contributed by atoms with Crippen LogP contribution in [-0.4, -0.2) is 65.1 Å². The number of hydrogen-bond donors (Lipinski definition) is 1. The molecule has 1 N–H and O–H groups in total. The first-order valence-electron chi connectivity index (χ1n) is 10.4. The molecule has 1 fully saturated rings. The van der Waals surface area contributed by atoms with Crippen molar-refractivity contribution in [2.24, 2.45) is 0 Å². The molecule has 6 nitrogen and oxygen atoms in total. The van der Waals surface area contributed by atoms with Crippen molar-refractivity contribution in [2.45, 2.75) is 12.3 Å². The monoisotopic (exact) mass is 454 g/mol. The number of amides is 2. The Hall–Kier alpha value is -2.42. The molecule has 1 saturated heterocycles. The van der Waals surface area contributed by atoms with Gasteiger partial charge in [-0.2, -0.15) is 0 Å². The number of nitrogens with zero attached hydrogens (tertiary/aromatic N) is 3. The molecule has 0 aliphatic carbocycles. The van der Waals surface area contributed by atoms with Crippen molar-refractivity contribution in [3.63, 3.8) is 0 Å². The van der Waals surface area contributed by atoms with Crippen LogP contribution in [0.15, 0.2) is 54.6 Å². The summed E-state index contributed by atoms with van der Waals surface area (Å²) in [4.78, 5) is 33.4. The van der Waals surface area contributed by atoms with Crippen LogP contribution in [0, 0.1) is 0 Å². The van der Waals surface area contributed by atoms with E-state index < -0.39 is 0 Å². The number of aromatic nitrogens is 1. The van der Waals surface area contributed by atoms with Crippen LogP contribution in [0.2, 0.25) is 0 Å². The van der Waals surface area contributed by atoms with Gasteiger partial charge in [0.15, 0.2) is 0 Å². The maximum absolute atomic E-state index is 12.5. The second kappa shape index (κ2) is 10.7. The van der Waals surface area contributed by atoms with E-state index in [9.17, 15) is 9.59 Å². The summed E-state index contributed by atoms with van der Waals surface area (Å²) in [6.07, 6.45) is 0. The number of para-hydroxylation sites is 1. The third kappa shape index (κ3) is 6.29. The first-order chi connectivity index (χ1) is 15.2. The standard InChI is InChI=1S/C23H26N4O2S2/c28-21(24-14-18-6-2-1-3-7-18)15-26-10-12-27(13-11-26)23(29)17-30-16-22-25-19-8-4-5-9-20(19)31-22/h1-9H,10-17H2,(H,24,28). The van der Waals surface area contributed by atoms with Crippen molar-refractivity contribution in [1.82, 2.24) is 20.1 Å². The maximum Gasteiger partial charge on any atom is 0.234 e. The van der Waals surface area contributed by atoms with Gasteiger partial charge >= 0.3 is 0 Å². The van der Waals surface area contributed by atoms with Gasteiger partial charge in [0.25, 0.3) is 0 Å². The molecule has 2 heterocycles. The van der Waals surface area contributed by atoms with Crippen molar-refractivity contribution in [2.75, 3.05) is 38.5 Å². The van der Waals surface area contributed by atoms with Gasteiger partial charge in [-0.1, -0.05) is 42.5 Å². The highest BCUT2D eigenvalue weighted by atomic mass is 32.2. The van der Waals surface area contributed by atoms with Gasteiger partial charge in [0.1, 0.15) is 5.01 Å². The Morgan fingerprint density at radius 1 is 1.00 bits per heavy atom. The van der Waals surface area contributed by atoms with E-state index in [4.69, 9.17) is 0 Å². The number of carbonyl (C=O) groups excluding carboxylic acids is 2. The molecule has 31 heavy (non-hydrogen) atoms. The smallest absolute Gasteiger partial charge is 0.234 e. The normalized spacial score (nSPS) is 14.6. The maximum atomic E-state index is 12.5. The fourth-order valence-electron chi connectivity index (χ4n) is 3.51. The first-order valence-corrected chi connectivity index (χ1v) is 12.4. The summed E-state index contributed by atoms with van der Waals surface area (Å²) in [6.45, 7) is 3.73. The lowest BCUT2D eigenvalue weighted by molar-refractivity contribution is -0.130. The van der Waals surface area contributed by atoms with Crippen LogP contribution in [0.5, 0.6) is 0 Å². The topological polar surface area (TPSA) is 65.5 Å². The van der Waals surface area contributed by atoms with Crippen molar-refractivity contribution in [1.29, 1.82) is 0 Å². The molecule has 0 radical (unpaired) electrons. The van der Waals surface area contributed by atoms with Gasteiger partial charge in [-0.05, 0) is 17.7 Å². The molecule has 0 bridgehead atoms. The number of benzene rings is 2. The molecular formula is C23H26N4O2S2. The molecule has 8 heteroatoms. The van der Waals surface area contributed by atoms with Gasteiger partial charge in [-0.15, -0.1) is 23.1 Å². The summed E-state index contributed by atoms with van der Waals surface area (Å²) in [6, 6.07) is 18.0. The molecule has 3 aromatic rings. The third-order valence-corrected chi connectivity index (χ3v) is 7.36. The Morgan fingerprint density at radius 3 is 2.52 bits per heavy atom. The third-order valence-electron chi connectivity index (χ3n) is 5.21. The molecule has 1 aliphatic rings. The number of rotatable bonds is 8. The number of carbonyl (C=O) groups is 2. The number of thioether (sulfide) groups is 1. The number of nitrogens with one attached hydrogen (secondary N) is 1. The predicted octanol–water partition coefficient (Wildman–Crippen LogP) is 2.99. The van der Waals surface area contributed by atoms with E-state index in [0.29, 0.717) is 31.9 Å². The van der Waals surface area contributed by atoms with Crippen LogP contribution in [-0.2, 0) is 21.9 Å². The Morgan fingerprint density at radius 2 is 1.74 bits per heavy atom. The summed E-state index contributed by atoms with van der Waals surface area (Å²) in [7, 11) is 0. The molecule has 2 aromatic carbocycles. The van der Waals surface area contributed by atoms with Gasteiger partial charge in [-0.25, -0.2) is 4.98 Å². The average molecular weight is 455 g/mol. The van der Waals surface area contributed by atoms with Gasteiger partial charge < -0.3 is 10.2 Å². The Labute approximate surface area is 190 Å². The number of fused-ring (bicyclic) bond motifs is 1. The van der Waals surface area contributed by atoms with Crippen molar-refractivity contribution in [3.8, 4) is 0 Å². The zero-order chi connectivity index (χ0) is 21.5. The minimum absolute atomic E-state index is 0.0232. The highest BCUT2D eigenvalue weighted by Gasteiger charge is 2.22. The summed E-state index contributed by atoms with van der Waals surface area (Å²) in [5.41, 5.74) is 2.12. The molecule has 1 aromatic heterocycles. The summed E-state index contributed by atoms with van der Waals surface area (Å²) >= 11 is 3.31. The Kier molecular flexibility index (Phi) is 7.56. The van der Waals surface area contributed by atoms with E-state index >= 15 is 0 Å². The Bertz CT molecular complexity index is 984. The van der Waals surface area contributed by atoms with E-state index in [-0.39, 0.29) is 11.8 Å². The second-order valence-electron chi connectivity index (χ2n) is 7.49. The zero-order valence-corrected chi connectivity index (χ0v) is 19.0. The average Bonchev–Trinajstić information content (AvgIpc) is 3.22. The molecule has 4 rings (SSSR count). The number of thiazole rings is 1. The highest BCUT2D eigenvalue weighted by Crippen LogP contribution is 2.24. The van der Waals surface area contributed by atoms with Crippen LogP contribution < -0.4 is 5.32 Å². The molecule has 2 amide bonds. The number of hydrogen-bond acceptors (Lipinski definition) is 6. The van der Waals surface area contributed by atoms with E-state index in [1.807, 2.05) is 53.4 Å². The van der Waals surface area contributed by atoms with Crippen LogP contribution in [0.25, 0.3) is 10.2 Å². The quantitative estimate of drug-likeness (QED) is 0.567. The van der Waals surface area contributed by atoms with Crippen LogP contribution in [0.3, 0.4) is 0 Å². The minimum atomic E-state index is 0.0232. The van der Waals surface area contributed by atoms with E-state index in [1.165, 1.54) is 4.70 Å². The van der Waals surface area contributed by atoms with Crippen LogP contribution in [0.4, 0.5) is 0 Å². The van der Waals surface area contributed by atoms with Gasteiger partial charge in [0.2, 0.25) is 11.8 Å². The fraction of sp³-hybridized carbons (Fsp3) is 0.348. The van der Waals surface area contributed by atoms with Gasteiger partial charge in [0, 0.05) is 38.5 Å². The predicted molar refractivity (Wildman–Crippen MR) is 127 cm³/mol. The lowest BCUT2D eigenvalue weighted by atomic mass is 10.2. The molecule has 0 saturated carbocycles. The SMILES string of the molecule is O=C(CN1CCN(C(=O)CSCc2nc3ccccc3s2)CC1)NCc1ccccc1. The molecule has 0 unspecified atom stereocenters. The minimum Gasteiger partial charge on any atom is -0.351 e. The van der Waals surface area contributed by atoms with Crippen LogP contribution >= 0.6 is 23.1 Å². The molecule has 0 atom stereocenters. The van der Waals surface area contributed by atoms with E-state index in [1.54, 1.807) is 23.1 Å². The second-order valence-corrected chi connectivity index (χ2v) is 9.59. The van der Waals surface area contributed by atoms with Crippen molar-refractivity contribution >= 4 is 45.1 Å². The summed E-state index contributed by atoms with van der Waals surface area (Å²) < 4.78 is 1.19. The Balaban J connectivity index is 1.13. The largest absolute Gasteiger partial charge is 0.351 e. The van der Waals surface area contributed by atoms with Gasteiger partial charge in [0.05, 0.1) is 22.5 Å². The first kappa shape index (κ1) is 21.8. The highest BCUT2D eigenvalue weighted by molar-refractivity contribution is 7.99. The molecule has 0 spiro atoms. The van der Waals surface area contributed by atoms with Crippen LogP contribution in [0.1, 0.15) is 10.6 Å². The van der Waals surface area contributed by atoms with Crippen molar-refractivity contribution in [3.05, 3.63) is 65.2 Å². The fourth-order valence-corrected chi connectivity index (χ4v) is 5.46. The molecule has 162 valence electrons. The molecule has 1 aliphatic heterocycles. The lowest BCUT2D eigenvalue weighted by Crippen LogP contribution is -2.51. The summed E-state index contributed by atoms with van der Waals surface area (Å²) in [5.74, 6) is 1.41. The lowest BCUT2D eigenvalue weighted by Gasteiger charge is -2.34.